The fourth-order valence-electron chi connectivity index (χ4n) is 2.74. The van der Waals surface area contributed by atoms with E-state index in [4.69, 9.17) is 17.0 Å². The summed E-state index contributed by atoms with van der Waals surface area (Å²) in [5.74, 6) is 1.61. The molecule has 0 fully saturated rings. The lowest BCUT2D eigenvalue weighted by atomic mass is 10.3. The van der Waals surface area contributed by atoms with Gasteiger partial charge in [0, 0.05) is 5.69 Å². The smallest absolute Gasteiger partial charge is 0.215 e. The van der Waals surface area contributed by atoms with Crippen LogP contribution in [0.15, 0.2) is 91.1 Å². The number of hydrogen-bond acceptors (Lipinski definition) is 3. The third kappa shape index (κ3) is 3.12. The van der Waals surface area contributed by atoms with Crippen LogP contribution in [0.5, 0.6) is 17.4 Å². The van der Waals surface area contributed by atoms with E-state index >= 15 is 0 Å². The highest BCUT2D eigenvalue weighted by atomic mass is 32.1. The van der Waals surface area contributed by atoms with E-state index in [1.54, 1.807) is 15.3 Å². The summed E-state index contributed by atoms with van der Waals surface area (Å²) < 4.78 is 9.70. The number of benzene rings is 3. The van der Waals surface area contributed by atoms with Gasteiger partial charge in [0.1, 0.15) is 11.5 Å². The Kier molecular flexibility index (Phi) is 4.29. The highest BCUT2D eigenvalue weighted by Gasteiger charge is 2.10. The van der Waals surface area contributed by atoms with Crippen LogP contribution in [-0.4, -0.2) is 14.2 Å². The van der Waals surface area contributed by atoms with Crippen LogP contribution in [0.3, 0.4) is 0 Å². The maximum Gasteiger partial charge on any atom is 0.215 e. The van der Waals surface area contributed by atoms with Gasteiger partial charge in [-0.05, 0) is 60.7 Å². The topological polar surface area (TPSA) is 39.3 Å². The van der Waals surface area contributed by atoms with E-state index in [9.17, 15) is 5.11 Å². The Balaban J connectivity index is 1.65. The number of aromatic hydroxyl groups is 1. The van der Waals surface area contributed by atoms with Crippen molar-refractivity contribution in [2.45, 2.75) is 0 Å². The molecule has 4 nitrogen and oxygen atoms in total. The molecule has 0 atom stereocenters. The summed E-state index contributed by atoms with van der Waals surface area (Å²) in [7, 11) is 0. The molecule has 1 heterocycles. The lowest BCUT2D eigenvalue weighted by Gasteiger charge is -2.07. The summed E-state index contributed by atoms with van der Waals surface area (Å²) in [6.45, 7) is 0. The van der Waals surface area contributed by atoms with Crippen molar-refractivity contribution in [3.63, 3.8) is 0 Å². The zero-order valence-corrected chi connectivity index (χ0v) is 14.6. The molecule has 0 aliphatic rings. The number of hydrogen-bond donors (Lipinski definition) is 1. The van der Waals surface area contributed by atoms with Crippen molar-refractivity contribution < 1.29 is 9.84 Å². The molecule has 5 heteroatoms. The van der Waals surface area contributed by atoms with Crippen molar-refractivity contribution in [3.8, 4) is 28.8 Å². The van der Waals surface area contributed by atoms with Crippen LogP contribution in [0.2, 0.25) is 0 Å². The second-order valence-corrected chi connectivity index (χ2v) is 6.08. The molecular weight excluding hydrogens is 344 g/mol. The van der Waals surface area contributed by atoms with Crippen molar-refractivity contribution >= 4 is 12.2 Å². The summed E-state index contributed by atoms with van der Waals surface area (Å²) in [4.78, 5) is 0. The molecule has 26 heavy (non-hydrogen) atoms. The summed E-state index contributed by atoms with van der Waals surface area (Å²) in [6.07, 6.45) is 1.61. The molecule has 4 aromatic rings. The van der Waals surface area contributed by atoms with Gasteiger partial charge >= 0.3 is 0 Å². The van der Waals surface area contributed by atoms with Crippen molar-refractivity contribution in [2.75, 3.05) is 0 Å². The SMILES string of the molecule is Oc1cn(-c2ccc(Oc3ccccc3)cc2)c(=S)n1-c1ccccc1. The number of aromatic nitrogens is 2. The molecule has 4 rings (SSSR count). The number of para-hydroxylation sites is 2. The lowest BCUT2D eigenvalue weighted by molar-refractivity contribution is 0.442. The van der Waals surface area contributed by atoms with E-state index in [1.807, 2.05) is 84.9 Å². The molecule has 0 saturated carbocycles. The predicted molar refractivity (Wildman–Crippen MR) is 104 cm³/mol. The minimum absolute atomic E-state index is 0.0887. The number of nitrogens with zero attached hydrogens (tertiary/aromatic N) is 2. The molecule has 0 aliphatic heterocycles. The maximum atomic E-state index is 10.3. The second-order valence-electron chi connectivity index (χ2n) is 5.72. The normalized spacial score (nSPS) is 10.6. The Labute approximate surface area is 156 Å². The van der Waals surface area contributed by atoms with Crippen molar-refractivity contribution in [1.82, 2.24) is 9.13 Å². The third-order valence-electron chi connectivity index (χ3n) is 3.98. The molecule has 0 aliphatic carbocycles. The van der Waals surface area contributed by atoms with E-state index in [0.29, 0.717) is 4.77 Å². The first-order valence-electron chi connectivity index (χ1n) is 8.14. The van der Waals surface area contributed by atoms with Gasteiger partial charge in [-0.3, -0.25) is 9.13 Å². The third-order valence-corrected chi connectivity index (χ3v) is 4.36. The maximum absolute atomic E-state index is 10.3. The standard InChI is InChI=1S/C21H16N2O2S/c24-20-15-22(21(26)23(20)17-7-3-1-4-8-17)16-11-13-19(14-12-16)25-18-9-5-2-6-10-18/h1-15,24H. The number of imidazole rings is 1. The second kappa shape index (κ2) is 6.90. The van der Waals surface area contributed by atoms with Gasteiger partial charge in [0.15, 0.2) is 4.77 Å². The monoisotopic (exact) mass is 360 g/mol. The average molecular weight is 360 g/mol. The fraction of sp³-hybridized carbons (Fsp3) is 0. The van der Waals surface area contributed by atoms with E-state index in [2.05, 4.69) is 0 Å². The first kappa shape index (κ1) is 16.2. The molecule has 0 radical (unpaired) electrons. The molecular formula is C21H16N2O2S. The van der Waals surface area contributed by atoms with E-state index < -0.39 is 0 Å². The summed E-state index contributed by atoms with van der Waals surface area (Å²) in [5, 5.41) is 10.3. The summed E-state index contributed by atoms with van der Waals surface area (Å²) in [5.41, 5.74) is 1.66. The molecule has 0 unspecified atom stereocenters. The first-order valence-corrected chi connectivity index (χ1v) is 8.55. The highest BCUT2D eigenvalue weighted by molar-refractivity contribution is 7.71. The van der Waals surface area contributed by atoms with Crippen LogP contribution >= 0.6 is 12.2 Å². The van der Waals surface area contributed by atoms with Crippen LogP contribution in [0, 0.1) is 4.77 Å². The summed E-state index contributed by atoms with van der Waals surface area (Å²) in [6, 6.07) is 26.7. The molecule has 0 saturated heterocycles. The predicted octanol–water partition coefficient (Wildman–Crippen LogP) is 5.50. The van der Waals surface area contributed by atoms with Gasteiger partial charge in [-0.25, -0.2) is 0 Å². The quantitative estimate of drug-likeness (QED) is 0.489. The van der Waals surface area contributed by atoms with E-state index in [-0.39, 0.29) is 5.88 Å². The van der Waals surface area contributed by atoms with Crippen LogP contribution in [-0.2, 0) is 0 Å². The molecule has 0 amide bonds. The van der Waals surface area contributed by atoms with Gasteiger partial charge in [0.05, 0.1) is 11.9 Å². The highest BCUT2D eigenvalue weighted by Crippen LogP contribution is 2.25. The minimum atomic E-state index is 0.0887. The Morgan fingerprint density at radius 2 is 1.27 bits per heavy atom. The van der Waals surface area contributed by atoms with Crippen molar-refractivity contribution in [1.29, 1.82) is 0 Å². The lowest BCUT2D eigenvalue weighted by Crippen LogP contribution is -1.97. The zero-order valence-electron chi connectivity index (χ0n) is 13.8. The largest absolute Gasteiger partial charge is 0.493 e. The Morgan fingerprint density at radius 3 is 1.92 bits per heavy atom. The first-order chi connectivity index (χ1) is 12.7. The zero-order chi connectivity index (χ0) is 17.9. The molecule has 3 aromatic carbocycles. The Bertz CT molecular complexity index is 1070. The van der Waals surface area contributed by atoms with Crippen molar-refractivity contribution in [3.05, 3.63) is 95.9 Å². The van der Waals surface area contributed by atoms with E-state index in [0.717, 1.165) is 22.9 Å². The van der Waals surface area contributed by atoms with Crippen molar-refractivity contribution in [2.24, 2.45) is 0 Å². The Morgan fingerprint density at radius 1 is 0.692 bits per heavy atom. The van der Waals surface area contributed by atoms with E-state index in [1.165, 1.54) is 0 Å². The molecule has 0 bridgehead atoms. The molecule has 128 valence electrons. The molecule has 0 spiro atoms. The Hall–Kier alpha value is -3.31. The fourth-order valence-corrected chi connectivity index (χ4v) is 3.10. The minimum Gasteiger partial charge on any atom is -0.493 e. The van der Waals surface area contributed by atoms with Crippen LogP contribution in [0.4, 0.5) is 0 Å². The number of rotatable bonds is 4. The number of ether oxygens (including phenoxy) is 1. The van der Waals surface area contributed by atoms with Gasteiger partial charge in [0.2, 0.25) is 5.88 Å². The average Bonchev–Trinajstić information content (AvgIpc) is 2.98. The molecule has 1 N–H and O–H groups in total. The van der Waals surface area contributed by atoms with Crippen LogP contribution in [0.25, 0.3) is 11.4 Å². The van der Waals surface area contributed by atoms with Gasteiger partial charge in [0.25, 0.3) is 0 Å². The van der Waals surface area contributed by atoms with Gasteiger partial charge in [-0.2, -0.15) is 0 Å². The van der Waals surface area contributed by atoms with Crippen LogP contribution < -0.4 is 4.74 Å². The van der Waals surface area contributed by atoms with Crippen LogP contribution in [0.1, 0.15) is 0 Å². The van der Waals surface area contributed by atoms with Gasteiger partial charge in [-0.1, -0.05) is 36.4 Å². The summed E-state index contributed by atoms with van der Waals surface area (Å²) >= 11 is 5.55. The van der Waals surface area contributed by atoms with Gasteiger partial charge in [-0.15, -0.1) is 0 Å². The molecule has 1 aromatic heterocycles. The van der Waals surface area contributed by atoms with Gasteiger partial charge < -0.3 is 9.84 Å².